The Morgan fingerprint density at radius 2 is 2.00 bits per heavy atom. The van der Waals surface area contributed by atoms with E-state index in [9.17, 15) is 4.79 Å². The number of carbonyl (C=O) groups excluding carboxylic acids is 1. The third-order valence-corrected chi connectivity index (χ3v) is 3.67. The summed E-state index contributed by atoms with van der Waals surface area (Å²) in [5, 5.41) is 0. The maximum absolute atomic E-state index is 12.1. The summed E-state index contributed by atoms with van der Waals surface area (Å²) in [5.41, 5.74) is 6.91. The highest BCUT2D eigenvalue weighted by Crippen LogP contribution is 2.22. The van der Waals surface area contributed by atoms with Crippen LogP contribution >= 0.6 is 11.3 Å². The van der Waals surface area contributed by atoms with Crippen LogP contribution in [0.2, 0.25) is 0 Å². The predicted molar refractivity (Wildman–Crippen MR) is 68.0 cm³/mol. The van der Waals surface area contributed by atoms with E-state index < -0.39 is 0 Å². The SMILES string of the molecule is CCc1ccc(C(=O)c2ccccc2N)s1. The van der Waals surface area contributed by atoms with Gasteiger partial charge in [-0.1, -0.05) is 19.1 Å². The summed E-state index contributed by atoms with van der Waals surface area (Å²) < 4.78 is 0. The Labute approximate surface area is 98.7 Å². The van der Waals surface area contributed by atoms with Crippen molar-refractivity contribution >= 4 is 22.8 Å². The second-order valence-electron chi connectivity index (χ2n) is 3.54. The Balaban J connectivity index is 2.35. The standard InChI is InChI=1S/C13H13NOS/c1-2-9-7-8-12(16-9)13(15)10-5-3-4-6-11(10)14/h3-8H,2,14H2,1H3. The Morgan fingerprint density at radius 1 is 1.25 bits per heavy atom. The zero-order chi connectivity index (χ0) is 11.5. The molecule has 1 aromatic carbocycles. The van der Waals surface area contributed by atoms with Crippen LogP contribution in [0.25, 0.3) is 0 Å². The van der Waals surface area contributed by atoms with Gasteiger partial charge in [0.05, 0.1) is 4.88 Å². The normalized spacial score (nSPS) is 10.3. The van der Waals surface area contributed by atoms with Gasteiger partial charge in [-0.25, -0.2) is 0 Å². The van der Waals surface area contributed by atoms with Crippen LogP contribution in [0.5, 0.6) is 0 Å². The zero-order valence-electron chi connectivity index (χ0n) is 9.07. The Bertz CT molecular complexity index is 516. The van der Waals surface area contributed by atoms with Crippen LogP contribution in [-0.4, -0.2) is 5.78 Å². The van der Waals surface area contributed by atoms with E-state index in [-0.39, 0.29) is 5.78 Å². The van der Waals surface area contributed by atoms with Gasteiger partial charge in [-0.15, -0.1) is 11.3 Å². The topological polar surface area (TPSA) is 43.1 Å². The largest absolute Gasteiger partial charge is 0.398 e. The van der Waals surface area contributed by atoms with Crippen molar-refractivity contribution in [3.8, 4) is 0 Å². The van der Waals surface area contributed by atoms with Crippen molar-refractivity contribution in [3.63, 3.8) is 0 Å². The molecule has 3 heteroatoms. The van der Waals surface area contributed by atoms with Crippen LogP contribution in [0.15, 0.2) is 36.4 Å². The first-order chi connectivity index (χ1) is 7.72. The molecule has 1 aromatic heterocycles. The lowest BCUT2D eigenvalue weighted by Gasteiger charge is -2.01. The van der Waals surface area contributed by atoms with Gasteiger partial charge in [-0.2, -0.15) is 0 Å². The number of rotatable bonds is 3. The van der Waals surface area contributed by atoms with Gasteiger partial charge in [0.15, 0.2) is 0 Å². The fourth-order valence-electron chi connectivity index (χ4n) is 1.53. The molecular formula is C13H13NOS. The minimum absolute atomic E-state index is 0.0165. The average Bonchev–Trinajstić information content (AvgIpc) is 2.77. The van der Waals surface area contributed by atoms with Crippen LogP contribution in [0, 0.1) is 0 Å². The number of para-hydroxylation sites is 1. The molecule has 0 aliphatic heterocycles. The molecule has 82 valence electrons. The molecule has 0 aliphatic carbocycles. The van der Waals surface area contributed by atoms with Gasteiger partial charge in [0.1, 0.15) is 0 Å². The van der Waals surface area contributed by atoms with E-state index in [0.29, 0.717) is 11.3 Å². The minimum atomic E-state index is 0.0165. The second kappa shape index (κ2) is 4.49. The van der Waals surface area contributed by atoms with E-state index in [2.05, 4.69) is 6.92 Å². The quantitative estimate of drug-likeness (QED) is 0.651. The van der Waals surface area contributed by atoms with Gasteiger partial charge in [-0.05, 0) is 30.7 Å². The predicted octanol–water partition coefficient (Wildman–Crippen LogP) is 3.12. The molecule has 2 rings (SSSR count). The summed E-state index contributed by atoms with van der Waals surface area (Å²) in [4.78, 5) is 14.1. The first kappa shape index (κ1) is 10.9. The first-order valence-corrected chi connectivity index (χ1v) is 6.02. The maximum atomic E-state index is 12.1. The molecular weight excluding hydrogens is 218 g/mol. The Hall–Kier alpha value is -1.61. The van der Waals surface area contributed by atoms with Gasteiger partial charge in [-0.3, -0.25) is 4.79 Å². The van der Waals surface area contributed by atoms with Crippen LogP contribution < -0.4 is 5.73 Å². The molecule has 2 N–H and O–H groups in total. The molecule has 0 atom stereocenters. The summed E-state index contributed by atoms with van der Waals surface area (Å²) >= 11 is 1.54. The summed E-state index contributed by atoms with van der Waals surface area (Å²) in [6, 6.07) is 11.1. The number of anilines is 1. The van der Waals surface area contributed by atoms with Gasteiger partial charge >= 0.3 is 0 Å². The summed E-state index contributed by atoms with van der Waals surface area (Å²) in [6.45, 7) is 2.08. The first-order valence-electron chi connectivity index (χ1n) is 5.20. The molecule has 0 saturated heterocycles. The van der Waals surface area contributed by atoms with Crippen molar-refractivity contribution in [2.75, 3.05) is 5.73 Å². The van der Waals surface area contributed by atoms with Crippen molar-refractivity contribution in [2.24, 2.45) is 0 Å². The highest BCUT2D eigenvalue weighted by atomic mass is 32.1. The molecule has 16 heavy (non-hydrogen) atoms. The number of hydrogen-bond acceptors (Lipinski definition) is 3. The molecule has 0 spiro atoms. The number of carbonyl (C=O) groups is 1. The lowest BCUT2D eigenvalue weighted by molar-refractivity contribution is 0.104. The molecule has 0 radical (unpaired) electrons. The molecule has 2 nitrogen and oxygen atoms in total. The van der Waals surface area contributed by atoms with Gasteiger partial charge in [0.2, 0.25) is 5.78 Å². The van der Waals surface area contributed by atoms with Gasteiger partial charge in [0.25, 0.3) is 0 Å². The van der Waals surface area contributed by atoms with E-state index in [1.54, 1.807) is 12.1 Å². The van der Waals surface area contributed by atoms with Crippen molar-refractivity contribution in [2.45, 2.75) is 13.3 Å². The fraction of sp³-hybridized carbons (Fsp3) is 0.154. The lowest BCUT2D eigenvalue weighted by atomic mass is 10.1. The Kier molecular flexibility index (Phi) is 3.06. The van der Waals surface area contributed by atoms with Gasteiger partial charge < -0.3 is 5.73 Å². The third-order valence-electron chi connectivity index (χ3n) is 2.44. The summed E-state index contributed by atoms with van der Waals surface area (Å²) in [6.07, 6.45) is 0.961. The molecule has 2 aromatic rings. The molecule has 1 heterocycles. The summed E-state index contributed by atoms with van der Waals surface area (Å²) in [5.74, 6) is 0.0165. The number of benzene rings is 1. The summed E-state index contributed by atoms with van der Waals surface area (Å²) in [7, 11) is 0. The maximum Gasteiger partial charge on any atom is 0.205 e. The molecule has 0 amide bonds. The highest BCUT2D eigenvalue weighted by Gasteiger charge is 2.13. The van der Waals surface area contributed by atoms with Crippen LogP contribution in [0.3, 0.4) is 0 Å². The van der Waals surface area contributed by atoms with E-state index in [1.165, 1.54) is 16.2 Å². The van der Waals surface area contributed by atoms with E-state index in [4.69, 9.17) is 5.73 Å². The van der Waals surface area contributed by atoms with Crippen LogP contribution in [0.4, 0.5) is 5.69 Å². The minimum Gasteiger partial charge on any atom is -0.398 e. The Morgan fingerprint density at radius 3 is 2.62 bits per heavy atom. The monoisotopic (exact) mass is 231 g/mol. The van der Waals surface area contributed by atoms with Crippen LogP contribution in [-0.2, 0) is 6.42 Å². The average molecular weight is 231 g/mol. The van der Waals surface area contributed by atoms with Crippen molar-refractivity contribution < 1.29 is 4.79 Å². The van der Waals surface area contributed by atoms with Crippen LogP contribution in [0.1, 0.15) is 27.0 Å². The number of nitrogen functional groups attached to an aromatic ring is 1. The van der Waals surface area contributed by atoms with E-state index >= 15 is 0 Å². The molecule has 0 saturated carbocycles. The number of aryl methyl sites for hydroxylation is 1. The molecule has 0 aliphatic rings. The zero-order valence-corrected chi connectivity index (χ0v) is 9.88. The number of hydrogen-bond donors (Lipinski definition) is 1. The fourth-order valence-corrected chi connectivity index (χ4v) is 2.43. The second-order valence-corrected chi connectivity index (χ2v) is 4.70. The van der Waals surface area contributed by atoms with Crippen molar-refractivity contribution in [3.05, 3.63) is 51.7 Å². The third kappa shape index (κ3) is 1.99. The van der Waals surface area contributed by atoms with E-state index in [1.807, 2.05) is 24.3 Å². The molecule has 0 fully saturated rings. The molecule has 0 unspecified atom stereocenters. The van der Waals surface area contributed by atoms with Crippen molar-refractivity contribution in [1.29, 1.82) is 0 Å². The smallest absolute Gasteiger partial charge is 0.205 e. The number of ketones is 1. The van der Waals surface area contributed by atoms with E-state index in [0.717, 1.165) is 11.3 Å². The number of thiophene rings is 1. The van der Waals surface area contributed by atoms with Gasteiger partial charge in [0, 0.05) is 16.1 Å². The molecule has 0 bridgehead atoms. The highest BCUT2D eigenvalue weighted by molar-refractivity contribution is 7.14. The number of nitrogens with two attached hydrogens (primary N) is 1. The lowest BCUT2D eigenvalue weighted by Crippen LogP contribution is -2.02. The van der Waals surface area contributed by atoms with Crippen molar-refractivity contribution in [1.82, 2.24) is 0 Å².